The van der Waals surface area contributed by atoms with Gasteiger partial charge in [0.25, 0.3) is 0 Å². The van der Waals surface area contributed by atoms with Crippen LogP contribution in [0.25, 0.3) is 0 Å². The Balaban J connectivity index is 1.92. The highest BCUT2D eigenvalue weighted by atomic mass is 127. The van der Waals surface area contributed by atoms with E-state index in [0.717, 1.165) is 24.1 Å². The Hall–Kier alpha value is -0.450. The van der Waals surface area contributed by atoms with Gasteiger partial charge in [0.2, 0.25) is 0 Å². The minimum absolute atomic E-state index is 0.790. The van der Waals surface area contributed by atoms with Crippen molar-refractivity contribution in [3.63, 3.8) is 0 Å². The maximum absolute atomic E-state index is 5.71. The maximum Gasteiger partial charge on any atom is 0.0477 e. The van der Waals surface area contributed by atoms with Crippen molar-refractivity contribution in [2.24, 2.45) is 11.8 Å². The third-order valence-corrected chi connectivity index (χ3v) is 3.93. The quantitative estimate of drug-likeness (QED) is 0.660. The second-order valence-corrected chi connectivity index (χ2v) is 5.60. The molecule has 1 unspecified atom stereocenters. The summed E-state index contributed by atoms with van der Waals surface area (Å²) in [7, 11) is 0. The number of hydrogen-bond acceptors (Lipinski definition) is 2. The average Bonchev–Trinajstić information content (AvgIpc) is 2.99. The molecule has 82 valence electrons. The van der Waals surface area contributed by atoms with E-state index in [-0.39, 0.29) is 0 Å². The Morgan fingerprint density at radius 3 is 2.87 bits per heavy atom. The van der Waals surface area contributed by atoms with Crippen molar-refractivity contribution in [1.29, 1.82) is 0 Å². The summed E-state index contributed by atoms with van der Waals surface area (Å²) in [6, 6.07) is 6.02. The third-order valence-electron chi connectivity index (χ3n) is 3.03. The Morgan fingerprint density at radius 1 is 1.53 bits per heavy atom. The lowest BCUT2D eigenvalue weighted by Crippen LogP contribution is -2.13. The molecule has 1 fully saturated rings. The number of benzene rings is 1. The van der Waals surface area contributed by atoms with Crippen LogP contribution < -0.4 is 11.1 Å². The molecule has 15 heavy (non-hydrogen) atoms. The molecular formula is C12H17IN2. The van der Waals surface area contributed by atoms with Gasteiger partial charge in [-0.25, -0.2) is 0 Å². The number of nitrogens with one attached hydrogen (secondary N) is 1. The summed E-state index contributed by atoms with van der Waals surface area (Å²) in [5.74, 6) is 1.75. The molecule has 0 saturated heterocycles. The zero-order chi connectivity index (χ0) is 10.8. The summed E-state index contributed by atoms with van der Waals surface area (Å²) < 4.78 is 1.20. The molecule has 0 heterocycles. The smallest absolute Gasteiger partial charge is 0.0477 e. The van der Waals surface area contributed by atoms with Gasteiger partial charge >= 0.3 is 0 Å². The molecule has 1 aliphatic carbocycles. The molecule has 0 aliphatic heterocycles. The molecule has 1 aliphatic rings. The van der Waals surface area contributed by atoms with Crippen LogP contribution in [0.1, 0.15) is 19.8 Å². The minimum atomic E-state index is 0.790. The van der Waals surface area contributed by atoms with Crippen molar-refractivity contribution < 1.29 is 0 Å². The van der Waals surface area contributed by atoms with E-state index < -0.39 is 0 Å². The fourth-order valence-electron chi connectivity index (χ4n) is 1.78. The van der Waals surface area contributed by atoms with E-state index in [1.54, 1.807) is 0 Å². The summed E-state index contributed by atoms with van der Waals surface area (Å²) in [4.78, 5) is 0. The normalized spacial score (nSPS) is 17.5. The van der Waals surface area contributed by atoms with Gasteiger partial charge in [-0.3, -0.25) is 0 Å². The largest absolute Gasteiger partial charge is 0.399 e. The van der Waals surface area contributed by atoms with E-state index in [1.807, 2.05) is 12.1 Å². The molecule has 0 aromatic heterocycles. The van der Waals surface area contributed by atoms with Crippen LogP contribution in [0.15, 0.2) is 18.2 Å². The van der Waals surface area contributed by atoms with Crippen LogP contribution in [0.2, 0.25) is 0 Å². The van der Waals surface area contributed by atoms with Gasteiger partial charge in [0.15, 0.2) is 0 Å². The molecule has 1 aromatic rings. The van der Waals surface area contributed by atoms with E-state index in [4.69, 9.17) is 5.73 Å². The fraction of sp³-hybridized carbons (Fsp3) is 0.500. The second-order valence-electron chi connectivity index (χ2n) is 4.43. The summed E-state index contributed by atoms with van der Waals surface area (Å²) >= 11 is 2.32. The van der Waals surface area contributed by atoms with Gasteiger partial charge < -0.3 is 11.1 Å². The van der Waals surface area contributed by atoms with E-state index >= 15 is 0 Å². The number of halogens is 1. The summed E-state index contributed by atoms with van der Waals surface area (Å²) in [6.45, 7) is 3.40. The average molecular weight is 316 g/mol. The lowest BCUT2D eigenvalue weighted by molar-refractivity contribution is 0.536. The van der Waals surface area contributed by atoms with Crippen LogP contribution in [-0.4, -0.2) is 6.54 Å². The van der Waals surface area contributed by atoms with Gasteiger partial charge in [0, 0.05) is 21.5 Å². The molecule has 1 atom stereocenters. The number of rotatable bonds is 4. The van der Waals surface area contributed by atoms with E-state index in [0.29, 0.717) is 0 Å². The SMILES string of the molecule is CC(CNc1ccc(N)cc1I)C1CC1. The zero-order valence-corrected chi connectivity index (χ0v) is 11.1. The van der Waals surface area contributed by atoms with Crippen molar-refractivity contribution >= 4 is 34.0 Å². The molecule has 0 spiro atoms. The molecule has 0 amide bonds. The Bertz CT molecular complexity index is 347. The standard InChI is InChI=1S/C12H17IN2/c1-8(9-2-3-9)7-15-12-5-4-10(14)6-11(12)13/h4-6,8-9,15H,2-3,7,14H2,1H3. The summed E-state index contributed by atoms with van der Waals surface area (Å²) in [6.07, 6.45) is 2.84. The molecule has 3 N–H and O–H groups in total. The first kappa shape index (κ1) is 11.0. The number of nitrogen functional groups attached to an aromatic ring is 1. The summed E-state index contributed by atoms with van der Waals surface area (Å²) in [5, 5.41) is 3.50. The van der Waals surface area contributed by atoms with Gasteiger partial charge in [-0.1, -0.05) is 6.92 Å². The second kappa shape index (κ2) is 4.60. The maximum atomic E-state index is 5.71. The summed E-state index contributed by atoms with van der Waals surface area (Å²) in [5.41, 5.74) is 7.75. The zero-order valence-electron chi connectivity index (χ0n) is 8.96. The van der Waals surface area contributed by atoms with E-state index in [2.05, 4.69) is 40.9 Å². The van der Waals surface area contributed by atoms with Crippen molar-refractivity contribution in [1.82, 2.24) is 0 Å². The Morgan fingerprint density at radius 2 is 2.27 bits per heavy atom. The van der Waals surface area contributed by atoms with Gasteiger partial charge in [0.05, 0.1) is 0 Å². The van der Waals surface area contributed by atoms with Crippen molar-refractivity contribution in [2.45, 2.75) is 19.8 Å². The monoisotopic (exact) mass is 316 g/mol. The van der Waals surface area contributed by atoms with Gasteiger partial charge in [-0.05, 0) is 65.5 Å². The highest BCUT2D eigenvalue weighted by Gasteiger charge is 2.27. The van der Waals surface area contributed by atoms with Crippen molar-refractivity contribution in [2.75, 3.05) is 17.6 Å². The molecule has 3 heteroatoms. The van der Waals surface area contributed by atoms with Gasteiger partial charge in [0.1, 0.15) is 0 Å². The first-order chi connectivity index (χ1) is 7.16. The lowest BCUT2D eigenvalue weighted by atomic mass is 10.1. The molecule has 2 rings (SSSR count). The predicted octanol–water partition coefficient (Wildman–Crippen LogP) is 3.33. The highest BCUT2D eigenvalue weighted by Crippen LogP contribution is 2.36. The van der Waals surface area contributed by atoms with Crippen LogP contribution in [0, 0.1) is 15.4 Å². The molecule has 0 bridgehead atoms. The van der Waals surface area contributed by atoms with Crippen molar-refractivity contribution in [3.8, 4) is 0 Å². The highest BCUT2D eigenvalue weighted by molar-refractivity contribution is 14.1. The van der Waals surface area contributed by atoms with Crippen LogP contribution in [0.4, 0.5) is 11.4 Å². The van der Waals surface area contributed by atoms with Crippen LogP contribution in [0.3, 0.4) is 0 Å². The van der Waals surface area contributed by atoms with Gasteiger partial charge in [-0.2, -0.15) is 0 Å². The number of hydrogen-bond donors (Lipinski definition) is 2. The first-order valence-corrected chi connectivity index (χ1v) is 6.53. The third kappa shape index (κ3) is 3.00. The minimum Gasteiger partial charge on any atom is -0.399 e. The molecule has 1 saturated carbocycles. The lowest BCUT2D eigenvalue weighted by Gasteiger charge is -2.14. The molecule has 2 nitrogen and oxygen atoms in total. The topological polar surface area (TPSA) is 38.0 Å². The molecular weight excluding hydrogens is 299 g/mol. The van der Waals surface area contributed by atoms with Crippen LogP contribution in [-0.2, 0) is 0 Å². The molecule has 1 aromatic carbocycles. The van der Waals surface area contributed by atoms with Gasteiger partial charge in [-0.15, -0.1) is 0 Å². The number of nitrogens with two attached hydrogens (primary N) is 1. The van der Waals surface area contributed by atoms with E-state index in [9.17, 15) is 0 Å². The van der Waals surface area contributed by atoms with Crippen molar-refractivity contribution in [3.05, 3.63) is 21.8 Å². The van der Waals surface area contributed by atoms with Crippen LogP contribution in [0.5, 0.6) is 0 Å². The first-order valence-electron chi connectivity index (χ1n) is 5.45. The van der Waals surface area contributed by atoms with Crippen LogP contribution >= 0.6 is 22.6 Å². The fourth-order valence-corrected chi connectivity index (χ4v) is 2.51. The van der Waals surface area contributed by atoms with E-state index in [1.165, 1.54) is 22.1 Å². The molecule has 0 radical (unpaired) electrons. The Kier molecular flexibility index (Phi) is 3.38. The Labute approximate surface area is 105 Å². The predicted molar refractivity (Wildman–Crippen MR) is 73.9 cm³/mol. The number of anilines is 2.